The molecule has 0 aliphatic carbocycles. The monoisotopic (exact) mass is 340 g/mol. The lowest BCUT2D eigenvalue weighted by Crippen LogP contribution is -2.30. The fraction of sp³-hybridized carbons (Fsp3) is 0.368. The number of benzene rings is 1. The molecule has 2 heterocycles. The fourth-order valence-corrected chi connectivity index (χ4v) is 3.27. The SMILES string of the molecule is C=C(C)CNC(=S)Nc1ccc(N2CCCCC2)c2ccncc12. The summed E-state index contributed by atoms with van der Waals surface area (Å²) < 4.78 is 0. The molecule has 0 amide bonds. The zero-order valence-corrected chi connectivity index (χ0v) is 15.0. The van der Waals surface area contributed by atoms with Crippen molar-refractivity contribution in [3.63, 3.8) is 0 Å². The van der Waals surface area contributed by atoms with Gasteiger partial charge in [0.25, 0.3) is 0 Å². The molecule has 0 unspecified atom stereocenters. The van der Waals surface area contributed by atoms with Crippen LogP contribution in [0, 0.1) is 0 Å². The molecule has 1 saturated heterocycles. The number of nitrogens with zero attached hydrogens (tertiary/aromatic N) is 2. The molecule has 1 aromatic heterocycles. The summed E-state index contributed by atoms with van der Waals surface area (Å²) in [5.74, 6) is 0. The average molecular weight is 340 g/mol. The van der Waals surface area contributed by atoms with Crippen LogP contribution in [0.25, 0.3) is 10.8 Å². The van der Waals surface area contributed by atoms with E-state index >= 15 is 0 Å². The third kappa shape index (κ3) is 3.85. The van der Waals surface area contributed by atoms with Crippen LogP contribution in [0.1, 0.15) is 26.2 Å². The second kappa shape index (κ2) is 7.62. The van der Waals surface area contributed by atoms with E-state index in [1.165, 1.54) is 30.3 Å². The number of thiocarbonyl (C=S) groups is 1. The highest BCUT2D eigenvalue weighted by atomic mass is 32.1. The average Bonchev–Trinajstić information content (AvgIpc) is 2.61. The number of fused-ring (bicyclic) bond motifs is 1. The molecule has 3 rings (SSSR count). The van der Waals surface area contributed by atoms with Crippen molar-refractivity contribution in [2.75, 3.05) is 29.9 Å². The van der Waals surface area contributed by atoms with Crippen molar-refractivity contribution >= 4 is 39.5 Å². The van der Waals surface area contributed by atoms with Crippen LogP contribution in [0.15, 0.2) is 42.7 Å². The van der Waals surface area contributed by atoms with Crippen LogP contribution in [0.4, 0.5) is 11.4 Å². The first-order valence-electron chi connectivity index (χ1n) is 8.46. The quantitative estimate of drug-likeness (QED) is 0.648. The van der Waals surface area contributed by atoms with Crippen LogP contribution in [0.3, 0.4) is 0 Å². The van der Waals surface area contributed by atoms with E-state index < -0.39 is 0 Å². The van der Waals surface area contributed by atoms with Crippen LogP contribution in [0.5, 0.6) is 0 Å². The van der Waals surface area contributed by atoms with E-state index in [4.69, 9.17) is 12.2 Å². The molecule has 0 spiro atoms. The van der Waals surface area contributed by atoms with E-state index in [2.05, 4.69) is 45.3 Å². The van der Waals surface area contributed by atoms with E-state index in [-0.39, 0.29) is 0 Å². The minimum atomic E-state index is 0.605. The Balaban J connectivity index is 1.87. The molecule has 1 aromatic carbocycles. The molecule has 2 aromatic rings. The topological polar surface area (TPSA) is 40.2 Å². The number of hydrogen-bond donors (Lipinski definition) is 2. The van der Waals surface area contributed by atoms with Gasteiger partial charge < -0.3 is 15.5 Å². The van der Waals surface area contributed by atoms with Crippen LogP contribution in [0.2, 0.25) is 0 Å². The molecule has 1 aliphatic rings. The molecule has 1 aliphatic heterocycles. The number of hydrogen-bond acceptors (Lipinski definition) is 3. The van der Waals surface area contributed by atoms with E-state index in [0.717, 1.165) is 29.7 Å². The highest BCUT2D eigenvalue weighted by Gasteiger charge is 2.15. The molecule has 0 saturated carbocycles. The summed E-state index contributed by atoms with van der Waals surface area (Å²) >= 11 is 5.38. The first-order chi connectivity index (χ1) is 11.6. The molecule has 126 valence electrons. The predicted octanol–water partition coefficient (Wildman–Crippen LogP) is 4.09. The van der Waals surface area contributed by atoms with E-state index in [9.17, 15) is 0 Å². The van der Waals surface area contributed by atoms with Gasteiger partial charge in [-0.05, 0) is 56.6 Å². The maximum absolute atomic E-state index is 5.38. The summed E-state index contributed by atoms with van der Waals surface area (Å²) in [6.45, 7) is 8.79. The normalized spacial score (nSPS) is 14.5. The summed E-state index contributed by atoms with van der Waals surface area (Å²) in [5.41, 5.74) is 3.32. The zero-order chi connectivity index (χ0) is 16.9. The number of anilines is 2. The van der Waals surface area contributed by atoms with Gasteiger partial charge in [-0.1, -0.05) is 12.2 Å². The molecule has 1 fully saturated rings. The molecule has 24 heavy (non-hydrogen) atoms. The molecular weight excluding hydrogens is 316 g/mol. The van der Waals surface area contributed by atoms with Crippen molar-refractivity contribution in [2.45, 2.75) is 26.2 Å². The van der Waals surface area contributed by atoms with E-state index in [1.54, 1.807) is 0 Å². The van der Waals surface area contributed by atoms with Crippen LogP contribution < -0.4 is 15.5 Å². The number of nitrogens with one attached hydrogen (secondary N) is 2. The van der Waals surface area contributed by atoms with E-state index in [0.29, 0.717) is 11.7 Å². The minimum Gasteiger partial charge on any atom is -0.371 e. The molecule has 0 radical (unpaired) electrons. The predicted molar refractivity (Wildman–Crippen MR) is 107 cm³/mol. The molecular formula is C19H24N4S. The van der Waals surface area contributed by atoms with Gasteiger partial charge in [-0.15, -0.1) is 0 Å². The van der Waals surface area contributed by atoms with Crippen molar-refractivity contribution in [1.29, 1.82) is 0 Å². The first-order valence-corrected chi connectivity index (χ1v) is 8.87. The Kier molecular flexibility index (Phi) is 5.30. The molecule has 0 bridgehead atoms. The Morgan fingerprint density at radius 2 is 2.00 bits per heavy atom. The maximum atomic E-state index is 5.38. The smallest absolute Gasteiger partial charge is 0.171 e. The Morgan fingerprint density at radius 1 is 1.21 bits per heavy atom. The highest BCUT2D eigenvalue weighted by Crippen LogP contribution is 2.33. The standard InChI is InChI=1S/C19H24N4S/c1-14(2)12-21-19(24)22-17-6-7-18(23-10-4-3-5-11-23)15-8-9-20-13-16(15)17/h6-9,13H,1,3-5,10-12H2,2H3,(H2,21,22,24). The Morgan fingerprint density at radius 3 is 2.75 bits per heavy atom. The Bertz CT molecular complexity index is 750. The van der Waals surface area contributed by atoms with Gasteiger partial charge in [-0.3, -0.25) is 4.98 Å². The molecule has 5 heteroatoms. The van der Waals surface area contributed by atoms with Gasteiger partial charge in [0.1, 0.15) is 0 Å². The van der Waals surface area contributed by atoms with Gasteiger partial charge >= 0.3 is 0 Å². The second-order valence-electron chi connectivity index (χ2n) is 6.37. The van der Waals surface area contributed by atoms with E-state index in [1.807, 2.05) is 19.3 Å². The third-order valence-corrected chi connectivity index (χ3v) is 4.54. The maximum Gasteiger partial charge on any atom is 0.171 e. The summed E-state index contributed by atoms with van der Waals surface area (Å²) in [4.78, 5) is 6.78. The number of rotatable bonds is 4. The van der Waals surface area contributed by atoms with Crippen molar-refractivity contribution in [1.82, 2.24) is 10.3 Å². The summed E-state index contributed by atoms with van der Waals surface area (Å²) in [6.07, 6.45) is 7.63. The second-order valence-corrected chi connectivity index (χ2v) is 6.77. The highest BCUT2D eigenvalue weighted by molar-refractivity contribution is 7.80. The lowest BCUT2D eigenvalue weighted by molar-refractivity contribution is 0.579. The zero-order valence-electron chi connectivity index (χ0n) is 14.1. The molecule has 2 N–H and O–H groups in total. The lowest BCUT2D eigenvalue weighted by atomic mass is 10.1. The summed E-state index contributed by atoms with van der Waals surface area (Å²) in [5, 5.41) is 9.38. The fourth-order valence-electron chi connectivity index (χ4n) is 3.09. The van der Waals surface area contributed by atoms with Gasteiger partial charge in [-0.25, -0.2) is 0 Å². The molecule has 4 nitrogen and oxygen atoms in total. The van der Waals surface area contributed by atoms with Crippen molar-refractivity contribution < 1.29 is 0 Å². The van der Waals surface area contributed by atoms with Crippen molar-refractivity contribution in [3.05, 3.63) is 42.7 Å². The largest absolute Gasteiger partial charge is 0.371 e. The van der Waals surface area contributed by atoms with Gasteiger partial charge in [0.15, 0.2) is 5.11 Å². The van der Waals surface area contributed by atoms with Crippen LogP contribution in [-0.4, -0.2) is 29.7 Å². The number of pyridine rings is 1. The first kappa shape index (κ1) is 16.7. The van der Waals surface area contributed by atoms with Gasteiger partial charge in [0.2, 0.25) is 0 Å². The Labute approximate surface area is 149 Å². The van der Waals surface area contributed by atoms with Crippen molar-refractivity contribution in [2.24, 2.45) is 0 Å². The summed E-state index contributed by atoms with van der Waals surface area (Å²) in [6, 6.07) is 6.38. The lowest BCUT2D eigenvalue weighted by Gasteiger charge is -2.30. The van der Waals surface area contributed by atoms with Crippen LogP contribution in [-0.2, 0) is 0 Å². The van der Waals surface area contributed by atoms with Crippen molar-refractivity contribution in [3.8, 4) is 0 Å². The van der Waals surface area contributed by atoms with Gasteiger partial charge in [0, 0.05) is 54.2 Å². The minimum absolute atomic E-state index is 0.605. The number of piperidine rings is 1. The number of aromatic nitrogens is 1. The third-order valence-electron chi connectivity index (χ3n) is 4.29. The summed E-state index contributed by atoms with van der Waals surface area (Å²) in [7, 11) is 0. The van der Waals surface area contributed by atoms with Gasteiger partial charge in [-0.2, -0.15) is 0 Å². The van der Waals surface area contributed by atoms with Crippen LogP contribution >= 0.6 is 12.2 Å². The Hall–Kier alpha value is -2.14. The molecule has 0 atom stereocenters. The van der Waals surface area contributed by atoms with Gasteiger partial charge in [0.05, 0.1) is 0 Å².